The van der Waals surface area contributed by atoms with Gasteiger partial charge in [-0.25, -0.2) is 9.97 Å². The topological polar surface area (TPSA) is 49.3 Å². The Kier molecular flexibility index (Phi) is 7.01. The van der Waals surface area contributed by atoms with Crippen LogP contribution in [-0.4, -0.2) is 47.0 Å². The zero-order chi connectivity index (χ0) is 20.1. The lowest BCUT2D eigenvalue weighted by Crippen LogP contribution is -2.49. The number of hydrogen-bond donors (Lipinski definition) is 0. The third kappa shape index (κ3) is 5.08. The van der Waals surface area contributed by atoms with Crippen molar-refractivity contribution in [3.05, 3.63) is 17.3 Å². The zero-order valence-electron chi connectivity index (χ0n) is 17.7. The van der Waals surface area contributed by atoms with Crippen LogP contribution in [0.5, 0.6) is 0 Å². The van der Waals surface area contributed by atoms with Gasteiger partial charge in [0.15, 0.2) is 0 Å². The first-order valence-electron chi connectivity index (χ1n) is 11.5. The lowest BCUT2D eigenvalue weighted by atomic mass is 9.85. The Balaban J connectivity index is 1.24. The van der Waals surface area contributed by atoms with E-state index in [2.05, 4.69) is 32.8 Å². The average molecular weight is 415 g/mol. The number of piperazine rings is 1. The molecule has 5 nitrogen and oxygen atoms in total. The molecule has 2 aromatic rings. The van der Waals surface area contributed by atoms with Crippen molar-refractivity contribution < 1.29 is 4.79 Å². The van der Waals surface area contributed by atoms with E-state index in [0.29, 0.717) is 5.91 Å². The molecule has 0 spiro atoms. The summed E-state index contributed by atoms with van der Waals surface area (Å²) in [5, 5.41) is 1.16. The molecule has 0 bridgehead atoms. The van der Waals surface area contributed by atoms with Crippen molar-refractivity contribution in [2.75, 3.05) is 31.1 Å². The molecule has 0 N–H and O–H groups in total. The third-order valence-electron chi connectivity index (χ3n) is 6.62. The third-order valence-corrected chi connectivity index (χ3v) is 7.80. The number of thiophene rings is 1. The smallest absolute Gasteiger partial charge is 0.222 e. The van der Waals surface area contributed by atoms with Gasteiger partial charge in [0.25, 0.3) is 0 Å². The zero-order valence-corrected chi connectivity index (χ0v) is 18.6. The number of rotatable bonds is 7. The van der Waals surface area contributed by atoms with E-state index >= 15 is 0 Å². The Morgan fingerprint density at radius 2 is 1.90 bits per heavy atom. The molecule has 4 rings (SSSR count). The first kappa shape index (κ1) is 20.6. The molecule has 1 saturated heterocycles. The lowest BCUT2D eigenvalue weighted by molar-refractivity contribution is -0.131. The average Bonchev–Trinajstić information content (AvgIpc) is 3.21. The van der Waals surface area contributed by atoms with E-state index in [4.69, 9.17) is 0 Å². The highest BCUT2D eigenvalue weighted by Gasteiger charge is 2.23. The minimum atomic E-state index is 0.338. The standard InChI is InChI=1S/C23H34N4OS/c1-2-19-16-20-22(24-17-25-23(20)29-19)27-14-12-26(13-15-27)21(28)11-7-6-10-18-8-4-3-5-9-18/h16-18H,2-15H2,1H3. The molecule has 0 unspecified atom stereocenters. The number of nitrogens with zero attached hydrogens (tertiary/aromatic N) is 4. The maximum atomic E-state index is 12.6. The molecule has 2 aromatic heterocycles. The van der Waals surface area contributed by atoms with Crippen molar-refractivity contribution in [2.45, 2.75) is 71.1 Å². The molecule has 1 aliphatic heterocycles. The van der Waals surface area contributed by atoms with E-state index in [1.165, 1.54) is 49.8 Å². The largest absolute Gasteiger partial charge is 0.352 e. The van der Waals surface area contributed by atoms with Gasteiger partial charge in [-0.3, -0.25) is 4.79 Å². The van der Waals surface area contributed by atoms with Crippen LogP contribution in [0.1, 0.15) is 69.6 Å². The van der Waals surface area contributed by atoms with E-state index in [-0.39, 0.29) is 0 Å². The van der Waals surface area contributed by atoms with Crippen LogP contribution in [0.4, 0.5) is 5.82 Å². The fraction of sp³-hybridized carbons (Fsp3) is 0.696. The fourth-order valence-corrected chi connectivity index (χ4v) is 5.76. The normalized spacial score (nSPS) is 18.5. The van der Waals surface area contributed by atoms with Crippen molar-refractivity contribution in [2.24, 2.45) is 5.92 Å². The van der Waals surface area contributed by atoms with E-state index in [1.54, 1.807) is 17.7 Å². The highest BCUT2D eigenvalue weighted by molar-refractivity contribution is 7.18. The minimum Gasteiger partial charge on any atom is -0.352 e. The molecule has 2 fully saturated rings. The minimum absolute atomic E-state index is 0.338. The Bertz CT molecular complexity index is 806. The second-order valence-electron chi connectivity index (χ2n) is 8.60. The van der Waals surface area contributed by atoms with Gasteiger partial charge < -0.3 is 9.80 Å². The molecule has 29 heavy (non-hydrogen) atoms. The number of amides is 1. The Morgan fingerprint density at radius 1 is 1.10 bits per heavy atom. The van der Waals surface area contributed by atoms with Crippen molar-refractivity contribution in [3.63, 3.8) is 0 Å². The number of anilines is 1. The summed E-state index contributed by atoms with van der Waals surface area (Å²) in [4.78, 5) is 28.4. The molecule has 6 heteroatoms. The number of fused-ring (bicyclic) bond motifs is 1. The molecule has 2 aliphatic rings. The Hall–Kier alpha value is -1.69. The molecular weight excluding hydrogens is 380 g/mol. The fourth-order valence-electron chi connectivity index (χ4n) is 4.83. The number of hydrogen-bond acceptors (Lipinski definition) is 5. The summed E-state index contributed by atoms with van der Waals surface area (Å²) in [7, 11) is 0. The van der Waals surface area contributed by atoms with Crippen molar-refractivity contribution in [1.29, 1.82) is 0 Å². The van der Waals surface area contributed by atoms with E-state index in [0.717, 1.165) is 67.4 Å². The van der Waals surface area contributed by atoms with Crippen LogP contribution in [0, 0.1) is 5.92 Å². The molecule has 1 saturated carbocycles. The molecule has 0 radical (unpaired) electrons. The molecule has 1 amide bonds. The van der Waals surface area contributed by atoms with Crippen LogP contribution >= 0.6 is 11.3 Å². The first-order chi connectivity index (χ1) is 14.2. The quantitative estimate of drug-likeness (QED) is 0.595. The maximum absolute atomic E-state index is 12.6. The van der Waals surface area contributed by atoms with Gasteiger partial charge in [0.1, 0.15) is 17.0 Å². The highest BCUT2D eigenvalue weighted by Crippen LogP contribution is 2.31. The second kappa shape index (κ2) is 9.88. The molecular formula is C23H34N4OS. The molecule has 1 aliphatic carbocycles. The van der Waals surface area contributed by atoms with Gasteiger partial charge >= 0.3 is 0 Å². The molecule has 3 heterocycles. The number of carbonyl (C=O) groups excluding carboxylic acids is 1. The van der Waals surface area contributed by atoms with Crippen LogP contribution in [0.3, 0.4) is 0 Å². The summed E-state index contributed by atoms with van der Waals surface area (Å²) in [6.07, 6.45) is 14.1. The van der Waals surface area contributed by atoms with Gasteiger partial charge in [-0.05, 0) is 24.8 Å². The van der Waals surface area contributed by atoms with E-state index in [1.807, 2.05) is 0 Å². The lowest BCUT2D eigenvalue weighted by Gasteiger charge is -2.35. The number of carbonyl (C=O) groups is 1. The van der Waals surface area contributed by atoms with Crippen LogP contribution in [-0.2, 0) is 11.2 Å². The summed E-state index contributed by atoms with van der Waals surface area (Å²) in [6.45, 7) is 5.50. The summed E-state index contributed by atoms with van der Waals surface area (Å²) in [5.41, 5.74) is 0. The van der Waals surface area contributed by atoms with Gasteiger partial charge in [0.2, 0.25) is 5.91 Å². The van der Waals surface area contributed by atoms with Gasteiger partial charge in [0, 0.05) is 37.5 Å². The summed E-state index contributed by atoms with van der Waals surface area (Å²) in [5.74, 6) is 2.30. The number of aromatic nitrogens is 2. The second-order valence-corrected chi connectivity index (χ2v) is 9.72. The summed E-state index contributed by atoms with van der Waals surface area (Å²) in [6, 6.07) is 2.24. The van der Waals surface area contributed by atoms with Gasteiger partial charge in [0.05, 0.1) is 5.39 Å². The predicted octanol–water partition coefficient (Wildman–Crippen LogP) is 5.04. The molecule has 0 atom stereocenters. The number of aryl methyl sites for hydroxylation is 1. The SMILES string of the molecule is CCc1cc2c(N3CCN(C(=O)CCCCC4CCCCC4)CC3)ncnc2s1. The van der Waals surface area contributed by atoms with Crippen molar-refractivity contribution in [1.82, 2.24) is 14.9 Å². The van der Waals surface area contributed by atoms with Crippen molar-refractivity contribution >= 4 is 33.3 Å². The van der Waals surface area contributed by atoms with Gasteiger partial charge in [-0.15, -0.1) is 11.3 Å². The van der Waals surface area contributed by atoms with Crippen LogP contribution in [0.25, 0.3) is 10.2 Å². The molecule has 0 aromatic carbocycles. The van der Waals surface area contributed by atoms with E-state index in [9.17, 15) is 4.79 Å². The Morgan fingerprint density at radius 3 is 2.66 bits per heavy atom. The molecule has 158 valence electrons. The van der Waals surface area contributed by atoms with E-state index < -0.39 is 0 Å². The highest BCUT2D eigenvalue weighted by atomic mass is 32.1. The van der Waals surface area contributed by atoms with Crippen LogP contribution in [0.2, 0.25) is 0 Å². The van der Waals surface area contributed by atoms with Gasteiger partial charge in [-0.1, -0.05) is 51.9 Å². The summed E-state index contributed by atoms with van der Waals surface area (Å²) >= 11 is 1.76. The van der Waals surface area contributed by atoms with Gasteiger partial charge in [-0.2, -0.15) is 0 Å². The van der Waals surface area contributed by atoms with Crippen LogP contribution < -0.4 is 4.90 Å². The predicted molar refractivity (Wildman–Crippen MR) is 121 cm³/mol. The number of unbranched alkanes of at least 4 members (excludes halogenated alkanes) is 1. The van der Waals surface area contributed by atoms with Crippen molar-refractivity contribution in [3.8, 4) is 0 Å². The maximum Gasteiger partial charge on any atom is 0.222 e. The first-order valence-corrected chi connectivity index (χ1v) is 12.3. The Labute approximate surface area is 178 Å². The monoisotopic (exact) mass is 414 g/mol. The van der Waals surface area contributed by atoms with Crippen LogP contribution in [0.15, 0.2) is 12.4 Å². The summed E-state index contributed by atoms with van der Waals surface area (Å²) < 4.78 is 0.